The van der Waals surface area contributed by atoms with Gasteiger partial charge in [-0.1, -0.05) is 23.9 Å². The van der Waals surface area contributed by atoms with Gasteiger partial charge in [0.15, 0.2) is 5.16 Å². The first-order valence-electron chi connectivity index (χ1n) is 9.18. The number of nitrogens with zero attached hydrogens (tertiary/aromatic N) is 3. The van der Waals surface area contributed by atoms with Crippen LogP contribution in [0.2, 0.25) is 0 Å². The Morgan fingerprint density at radius 1 is 1.27 bits per heavy atom. The standard InChI is InChI=1S/C19H24N4O2S/c1-12(18(24)20-11-13-3-9-16(25-2)10-4-13)26-19-22-21-17(14-5-6-14)23(19)15-7-8-15/h3-4,9-10,12,14-15H,5-8,11H2,1-2H3,(H,20,24)/t12-/m0/s1. The van der Waals surface area contributed by atoms with Crippen LogP contribution in [0.15, 0.2) is 29.4 Å². The topological polar surface area (TPSA) is 69.0 Å². The Balaban J connectivity index is 1.35. The molecule has 0 unspecified atom stereocenters. The predicted octanol–water partition coefficient (Wildman–Crippen LogP) is 3.30. The molecular weight excluding hydrogens is 348 g/mol. The molecule has 2 aromatic rings. The van der Waals surface area contributed by atoms with Crippen LogP contribution in [0.25, 0.3) is 0 Å². The fourth-order valence-electron chi connectivity index (χ4n) is 2.95. The van der Waals surface area contributed by atoms with Gasteiger partial charge >= 0.3 is 0 Å². The molecule has 4 rings (SSSR count). The van der Waals surface area contributed by atoms with Gasteiger partial charge in [0.05, 0.1) is 12.4 Å². The van der Waals surface area contributed by atoms with Crippen LogP contribution in [0.5, 0.6) is 5.75 Å². The number of hydrogen-bond donors (Lipinski definition) is 1. The average molecular weight is 372 g/mol. The molecule has 1 aromatic heterocycles. The Kier molecular flexibility index (Phi) is 4.89. The molecule has 2 saturated carbocycles. The highest BCUT2D eigenvalue weighted by molar-refractivity contribution is 8.00. The third kappa shape index (κ3) is 3.87. The van der Waals surface area contributed by atoms with Gasteiger partial charge in [-0.15, -0.1) is 10.2 Å². The van der Waals surface area contributed by atoms with Crippen molar-refractivity contribution in [3.05, 3.63) is 35.7 Å². The SMILES string of the molecule is COc1ccc(CNC(=O)[C@H](C)Sc2nnc(C3CC3)n2C2CC2)cc1. The third-order valence-corrected chi connectivity index (χ3v) is 5.88. The first-order valence-corrected chi connectivity index (χ1v) is 10.1. The maximum absolute atomic E-state index is 12.5. The van der Waals surface area contributed by atoms with E-state index in [1.54, 1.807) is 7.11 Å². The lowest BCUT2D eigenvalue weighted by molar-refractivity contribution is -0.120. The third-order valence-electron chi connectivity index (χ3n) is 4.82. The van der Waals surface area contributed by atoms with Gasteiger partial charge in [-0.25, -0.2) is 0 Å². The highest BCUT2D eigenvalue weighted by Gasteiger charge is 2.37. The van der Waals surface area contributed by atoms with E-state index in [0.717, 1.165) is 22.3 Å². The van der Waals surface area contributed by atoms with Gasteiger partial charge in [-0.2, -0.15) is 0 Å². The lowest BCUT2D eigenvalue weighted by Crippen LogP contribution is -2.30. The van der Waals surface area contributed by atoms with Crippen molar-refractivity contribution >= 4 is 17.7 Å². The normalized spacial score (nSPS) is 17.8. The quantitative estimate of drug-likeness (QED) is 0.720. The van der Waals surface area contributed by atoms with Gasteiger partial charge in [-0.05, 0) is 50.3 Å². The summed E-state index contributed by atoms with van der Waals surface area (Å²) in [6.45, 7) is 2.44. The van der Waals surface area contributed by atoms with E-state index in [4.69, 9.17) is 4.74 Å². The molecule has 1 atom stereocenters. The van der Waals surface area contributed by atoms with Crippen LogP contribution in [-0.4, -0.2) is 33.0 Å². The Morgan fingerprint density at radius 2 is 2.00 bits per heavy atom. The number of rotatable bonds is 8. The summed E-state index contributed by atoms with van der Waals surface area (Å²) in [7, 11) is 1.64. The maximum Gasteiger partial charge on any atom is 0.233 e. The Morgan fingerprint density at radius 3 is 2.62 bits per heavy atom. The van der Waals surface area contributed by atoms with Crippen molar-refractivity contribution in [1.82, 2.24) is 20.1 Å². The second kappa shape index (κ2) is 7.31. The van der Waals surface area contributed by atoms with E-state index in [0.29, 0.717) is 18.5 Å². The maximum atomic E-state index is 12.5. The minimum atomic E-state index is -0.206. The van der Waals surface area contributed by atoms with Crippen molar-refractivity contribution in [3.63, 3.8) is 0 Å². The summed E-state index contributed by atoms with van der Waals surface area (Å²) < 4.78 is 7.44. The van der Waals surface area contributed by atoms with Crippen LogP contribution in [0.4, 0.5) is 0 Å². The minimum Gasteiger partial charge on any atom is -0.497 e. The van der Waals surface area contributed by atoms with Crippen LogP contribution < -0.4 is 10.1 Å². The lowest BCUT2D eigenvalue weighted by atomic mass is 10.2. The highest BCUT2D eigenvalue weighted by atomic mass is 32.2. The summed E-state index contributed by atoms with van der Waals surface area (Å²) in [6.07, 6.45) is 4.83. The van der Waals surface area contributed by atoms with E-state index < -0.39 is 0 Å². The van der Waals surface area contributed by atoms with Crippen LogP contribution in [0.3, 0.4) is 0 Å². The van der Waals surface area contributed by atoms with Crippen molar-refractivity contribution in [2.24, 2.45) is 0 Å². The van der Waals surface area contributed by atoms with Gasteiger partial charge in [-0.3, -0.25) is 4.79 Å². The average Bonchev–Trinajstić information content (AvgIpc) is 3.59. The van der Waals surface area contributed by atoms with E-state index in [1.165, 1.54) is 37.4 Å². The molecule has 138 valence electrons. The fraction of sp³-hybridized carbons (Fsp3) is 0.526. The zero-order valence-corrected chi connectivity index (χ0v) is 16.0. The molecule has 2 aliphatic rings. The molecule has 2 aliphatic carbocycles. The van der Waals surface area contributed by atoms with Crippen LogP contribution in [0, 0.1) is 0 Å². The summed E-state index contributed by atoms with van der Waals surface area (Å²) in [5, 5.41) is 12.5. The summed E-state index contributed by atoms with van der Waals surface area (Å²) in [5.41, 5.74) is 1.05. The number of methoxy groups -OCH3 is 1. The second-order valence-corrected chi connectivity index (χ2v) is 8.35. The molecule has 0 bridgehead atoms. The lowest BCUT2D eigenvalue weighted by Gasteiger charge is -2.13. The number of thioether (sulfide) groups is 1. The monoisotopic (exact) mass is 372 g/mol. The zero-order chi connectivity index (χ0) is 18.1. The molecule has 1 heterocycles. The molecule has 2 fully saturated rings. The van der Waals surface area contributed by atoms with Crippen LogP contribution in [-0.2, 0) is 11.3 Å². The van der Waals surface area contributed by atoms with Crippen molar-refractivity contribution in [2.75, 3.05) is 7.11 Å². The van der Waals surface area contributed by atoms with Gasteiger partial charge in [0.2, 0.25) is 5.91 Å². The number of benzene rings is 1. The van der Waals surface area contributed by atoms with E-state index in [-0.39, 0.29) is 11.2 Å². The van der Waals surface area contributed by atoms with Crippen molar-refractivity contribution in [1.29, 1.82) is 0 Å². The molecule has 0 saturated heterocycles. The number of carbonyl (C=O) groups is 1. The molecule has 7 heteroatoms. The summed E-state index contributed by atoms with van der Waals surface area (Å²) in [6, 6.07) is 8.26. The first-order chi connectivity index (χ1) is 12.7. The van der Waals surface area contributed by atoms with E-state index in [1.807, 2.05) is 31.2 Å². The smallest absolute Gasteiger partial charge is 0.233 e. The number of hydrogen-bond acceptors (Lipinski definition) is 5. The molecule has 6 nitrogen and oxygen atoms in total. The number of amides is 1. The fourth-order valence-corrected chi connectivity index (χ4v) is 3.90. The van der Waals surface area contributed by atoms with E-state index in [2.05, 4.69) is 20.1 Å². The summed E-state index contributed by atoms with van der Waals surface area (Å²) >= 11 is 1.51. The number of aromatic nitrogens is 3. The number of ether oxygens (including phenoxy) is 1. The van der Waals surface area contributed by atoms with Crippen molar-refractivity contribution < 1.29 is 9.53 Å². The van der Waals surface area contributed by atoms with Gasteiger partial charge < -0.3 is 14.6 Å². The molecule has 1 N–H and O–H groups in total. The van der Waals surface area contributed by atoms with Crippen LogP contribution in [0.1, 0.15) is 56.0 Å². The van der Waals surface area contributed by atoms with E-state index >= 15 is 0 Å². The minimum absolute atomic E-state index is 0.0177. The van der Waals surface area contributed by atoms with Gasteiger partial charge in [0, 0.05) is 18.5 Å². The summed E-state index contributed by atoms with van der Waals surface area (Å²) in [5.74, 6) is 2.54. The molecule has 0 spiro atoms. The Bertz CT molecular complexity index is 781. The van der Waals surface area contributed by atoms with Crippen molar-refractivity contribution in [2.45, 2.75) is 61.5 Å². The largest absolute Gasteiger partial charge is 0.497 e. The first kappa shape index (κ1) is 17.4. The summed E-state index contributed by atoms with van der Waals surface area (Å²) in [4.78, 5) is 12.5. The zero-order valence-electron chi connectivity index (χ0n) is 15.1. The molecule has 1 amide bonds. The highest BCUT2D eigenvalue weighted by Crippen LogP contribution is 2.46. The Labute approximate surface area is 157 Å². The molecule has 1 aromatic carbocycles. The van der Waals surface area contributed by atoms with Crippen LogP contribution >= 0.6 is 11.8 Å². The van der Waals surface area contributed by atoms with Gasteiger partial charge in [0.25, 0.3) is 0 Å². The van der Waals surface area contributed by atoms with Gasteiger partial charge in [0.1, 0.15) is 11.6 Å². The second-order valence-electron chi connectivity index (χ2n) is 7.04. The number of carbonyl (C=O) groups excluding carboxylic acids is 1. The van der Waals surface area contributed by atoms with E-state index in [9.17, 15) is 4.79 Å². The molecule has 26 heavy (non-hydrogen) atoms. The number of nitrogens with one attached hydrogen (secondary N) is 1. The Hall–Kier alpha value is -2.02. The predicted molar refractivity (Wildman–Crippen MR) is 100 cm³/mol. The molecule has 0 radical (unpaired) electrons. The molecule has 0 aliphatic heterocycles. The molecular formula is C19H24N4O2S. The van der Waals surface area contributed by atoms with Crippen molar-refractivity contribution in [3.8, 4) is 5.75 Å².